The molecule has 3 atom stereocenters. The van der Waals surface area contributed by atoms with Gasteiger partial charge in [-0.1, -0.05) is 56.7 Å². The molecule has 3 aromatic rings. The van der Waals surface area contributed by atoms with Gasteiger partial charge in [0.25, 0.3) is 5.91 Å². The number of esters is 1. The molecule has 2 aromatic carbocycles. The first-order valence-corrected chi connectivity index (χ1v) is 15.4. The van der Waals surface area contributed by atoms with Crippen molar-refractivity contribution in [3.63, 3.8) is 0 Å². The zero-order valence-electron chi connectivity index (χ0n) is 26.4. The van der Waals surface area contributed by atoms with E-state index >= 15 is 0 Å². The number of benzene rings is 2. The van der Waals surface area contributed by atoms with Crippen molar-refractivity contribution in [2.75, 3.05) is 32.1 Å². The Hall–Kier alpha value is -4.74. The van der Waals surface area contributed by atoms with Crippen molar-refractivity contribution in [2.45, 2.75) is 65.1 Å². The Labute approximate surface area is 263 Å². The monoisotopic (exact) mass is 617 g/mol. The van der Waals surface area contributed by atoms with E-state index in [2.05, 4.69) is 21.0 Å². The van der Waals surface area contributed by atoms with Gasteiger partial charge in [-0.2, -0.15) is 5.10 Å². The van der Waals surface area contributed by atoms with Gasteiger partial charge in [0.15, 0.2) is 0 Å². The minimum Gasteiger partial charge on any atom is -0.468 e. The van der Waals surface area contributed by atoms with Crippen LogP contribution in [0.5, 0.6) is 0 Å². The summed E-state index contributed by atoms with van der Waals surface area (Å²) in [6.45, 7) is 6.67. The van der Waals surface area contributed by atoms with Crippen LogP contribution in [0.4, 0.5) is 5.69 Å². The Morgan fingerprint density at radius 1 is 1.07 bits per heavy atom. The van der Waals surface area contributed by atoms with Gasteiger partial charge in [-0.15, -0.1) is 0 Å². The third-order valence-electron chi connectivity index (χ3n) is 8.00. The van der Waals surface area contributed by atoms with Gasteiger partial charge in [-0.25, -0.2) is 9.67 Å². The first-order valence-electron chi connectivity index (χ1n) is 15.4. The number of aryl methyl sites for hydroxylation is 1. The van der Waals surface area contributed by atoms with E-state index in [1.165, 1.54) is 7.11 Å². The lowest BCUT2D eigenvalue weighted by Crippen LogP contribution is -2.51. The van der Waals surface area contributed by atoms with E-state index in [0.717, 1.165) is 5.56 Å². The van der Waals surface area contributed by atoms with Gasteiger partial charge in [-0.3, -0.25) is 19.2 Å². The van der Waals surface area contributed by atoms with E-state index in [9.17, 15) is 19.2 Å². The van der Waals surface area contributed by atoms with Crippen molar-refractivity contribution in [1.82, 2.24) is 30.3 Å². The van der Waals surface area contributed by atoms with Crippen molar-refractivity contribution in [1.29, 1.82) is 0 Å². The summed E-state index contributed by atoms with van der Waals surface area (Å²) >= 11 is 0. The van der Waals surface area contributed by atoms with Crippen molar-refractivity contribution >= 4 is 29.4 Å². The number of carbonyl (C=O) groups is 4. The molecule has 0 unspecified atom stereocenters. The average Bonchev–Trinajstić information content (AvgIpc) is 3.43. The number of hydrogen-bond donors (Lipinski definition) is 3. The predicted octanol–water partition coefficient (Wildman–Crippen LogP) is 3.04. The standard InChI is InChI=1S/C33H43N7O5/c1-5-22(2)30-32(43)36-27(19-24-11-7-6-8-12-24)31-35-23(3)38-40(31)18-17-39(16-10-15-28(41)37-30)33(44)25-13-9-14-26(20-25)34-21-29(42)45-4/h6-9,11-14,20,22,27,30,34H,5,10,15-19,21H2,1-4H3,(H,36,43)(H,37,41)/t22-,27-,30-/m0/s1. The highest BCUT2D eigenvalue weighted by atomic mass is 16.5. The van der Waals surface area contributed by atoms with Crippen molar-refractivity contribution in [2.24, 2.45) is 5.92 Å². The summed E-state index contributed by atoms with van der Waals surface area (Å²) in [6.07, 6.45) is 1.74. The van der Waals surface area contributed by atoms with Gasteiger partial charge in [0.05, 0.1) is 19.7 Å². The van der Waals surface area contributed by atoms with Crippen LogP contribution in [-0.2, 0) is 32.1 Å². The molecule has 240 valence electrons. The van der Waals surface area contributed by atoms with E-state index in [0.29, 0.717) is 61.8 Å². The molecule has 3 N–H and O–H groups in total. The molecule has 0 saturated heterocycles. The van der Waals surface area contributed by atoms with Crippen molar-refractivity contribution < 1.29 is 23.9 Å². The summed E-state index contributed by atoms with van der Waals surface area (Å²) in [5, 5.41) is 13.7. The van der Waals surface area contributed by atoms with Crippen LogP contribution in [0.1, 0.15) is 66.7 Å². The number of nitrogens with one attached hydrogen (secondary N) is 3. The van der Waals surface area contributed by atoms with E-state index < -0.39 is 18.1 Å². The summed E-state index contributed by atoms with van der Waals surface area (Å²) in [5.41, 5.74) is 2.06. The second-order valence-corrected chi connectivity index (χ2v) is 11.3. The summed E-state index contributed by atoms with van der Waals surface area (Å²) in [4.78, 5) is 58.6. The minimum absolute atomic E-state index is 0.0281. The normalized spacial score (nSPS) is 18.5. The molecule has 1 aromatic heterocycles. The first-order chi connectivity index (χ1) is 21.7. The molecule has 45 heavy (non-hydrogen) atoms. The summed E-state index contributed by atoms with van der Waals surface area (Å²) in [6, 6.07) is 15.5. The van der Waals surface area contributed by atoms with E-state index in [-0.39, 0.29) is 36.6 Å². The van der Waals surface area contributed by atoms with Crippen LogP contribution in [0.2, 0.25) is 0 Å². The lowest BCUT2D eigenvalue weighted by molar-refractivity contribution is -0.138. The number of aromatic nitrogens is 3. The summed E-state index contributed by atoms with van der Waals surface area (Å²) in [7, 11) is 1.31. The Kier molecular flexibility index (Phi) is 11.7. The van der Waals surface area contributed by atoms with Gasteiger partial charge in [-0.05, 0) is 49.4 Å². The largest absolute Gasteiger partial charge is 0.468 e. The van der Waals surface area contributed by atoms with Crippen LogP contribution in [0.15, 0.2) is 54.6 Å². The third-order valence-corrected chi connectivity index (χ3v) is 8.00. The maximum absolute atomic E-state index is 13.8. The van der Waals surface area contributed by atoms with Gasteiger partial charge in [0, 0.05) is 30.8 Å². The molecule has 0 spiro atoms. The summed E-state index contributed by atoms with van der Waals surface area (Å²) < 4.78 is 6.46. The van der Waals surface area contributed by atoms with Crippen LogP contribution in [0, 0.1) is 12.8 Å². The van der Waals surface area contributed by atoms with Gasteiger partial charge >= 0.3 is 5.97 Å². The minimum atomic E-state index is -0.723. The maximum atomic E-state index is 13.8. The molecule has 2 heterocycles. The number of carbonyl (C=O) groups excluding carboxylic acids is 4. The Balaban J connectivity index is 1.66. The van der Waals surface area contributed by atoms with Crippen LogP contribution in [-0.4, -0.2) is 76.1 Å². The number of methoxy groups -OCH3 is 1. The molecule has 12 heteroatoms. The molecular weight excluding hydrogens is 574 g/mol. The second-order valence-electron chi connectivity index (χ2n) is 11.3. The van der Waals surface area contributed by atoms with Crippen LogP contribution >= 0.6 is 0 Å². The van der Waals surface area contributed by atoms with Crippen molar-refractivity contribution in [3.8, 4) is 0 Å². The SMILES string of the molecule is CC[C@H](C)[C@@H]1NC(=O)CCCN(C(=O)c2cccc(NCC(=O)OC)c2)CCn2nc(C)nc2[C@H](Cc2ccccc2)NC1=O. The van der Waals surface area contributed by atoms with Crippen LogP contribution < -0.4 is 16.0 Å². The number of ether oxygens (including phenoxy) is 1. The third kappa shape index (κ3) is 9.13. The van der Waals surface area contributed by atoms with Crippen LogP contribution in [0.25, 0.3) is 0 Å². The molecule has 0 saturated carbocycles. The number of fused-ring (bicyclic) bond motifs is 1. The quantitative estimate of drug-likeness (QED) is 0.327. The number of amides is 3. The Morgan fingerprint density at radius 3 is 2.58 bits per heavy atom. The maximum Gasteiger partial charge on any atom is 0.325 e. The number of nitrogens with zero attached hydrogens (tertiary/aromatic N) is 4. The number of anilines is 1. The molecule has 4 rings (SSSR count). The molecular formula is C33H43N7O5. The zero-order valence-corrected chi connectivity index (χ0v) is 26.4. The topological polar surface area (TPSA) is 148 Å². The smallest absolute Gasteiger partial charge is 0.325 e. The first kappa shape index (κ1) is 33.2. The lowest BCUT2D eigenvalue weighted by Gasteiger charge is -2.28. The summed E-state index contributed by atoms with van der Waals surface area (Å²) in [5.74, 6) is -0.108. The van der Waals surface area contributed by atoms with Crippen LogP contribution in [0.3, 0.4) is 0 Å². The average molecular weight is 618 g/mol. The molecule has 0 aliphatic carbocycles. The fourth-order valence-electron chi connectivity index (χ4n) is 5.31. The molecule has 1 aliphatic heterocycles. The van der Waals surface area contributed by atoms with E-state index in [1.807, 2.05) is 44.2 Å². The predicted molar refractivity (Wildman–Crippen MR) is 169 cm³/mol. The van der Waals surface area contributed by atoms with Crippen molar-refractivity contribution in [3.05, 3.63) is 77.4 Å². The molecule has 12 nitrogen and oxygen atoms in total. The number of rotatable bonds is 8. The highest BCUT2D eigenvalue weighted by molar-refractivity contribution is 5.95. The Morgan fingerprint density at radius 2 is 1.84 bits per heavy atom. The highest BCUT2D eigenvalue weighted by Crippen LogP contribution is 2.21. The molecule has 0 bridgehead atoms. The molecule has 3 amide bonds. The molecule has 0 radical (unpaired) electrons. The number of hydrogen-bond acceptors (Lipinski definition) is 8. The van der Waals surface area contributed by atoms with Gasteiger partial charge in [0.1, 0.15) is 24.2 Å². The van der Waals surface area contributed by atoms with E-state index in [1.54, 1.807) is 40.8 Å². The fraction of sp³-hybridized carbons (Fsp3) is 0.455. The second kappa shape index (κ2) is 15.8. The zero-order chi connectivity index (χ0) is 32.3. The lowest BCUT2D eigenvalue weighted by atomic mass is 9.97. The van der Waals surface area contributed by atoms with Gasteiger partial charge in [0.2, 0.25) is 11.8 Å². The Bertz CT molecular complexity index is 1480. The van der Waals surface area contributed by atoms with Gasteiger partial charge < -0.3 is 25.6 Å². The highest BCUT2D eigenvalue weighted by Gasteiger charge is 2.31. The van der Waals surface area contributed by atoms with E-state index in [4.69, 9.17) is 9.72 Å². The fourth-order valence-corrected chi connectivity index (χ4v) is 5.31. The molecule has 0 fully saturated rings. The molecule has 1 aliphatic rings.